The monoisotopic (exact) mass is 245 g/mol. The molecule has 5 heteroatoms. The Morgan fingerprint density at radius 3 is 3.22 bits per heavy atom. The van der Waals surface area contributed by atoms with Crippen LogP contribution >= 0.6 is 0 Å². The van der Waals surface area contributed by atoms with E-state index in [0.717, 1.165) is 24.9 Å². The molecule has 0 bridgehead atoms. The Kier molecular flexibility index (Phi) is 3.90. The van der Waals surface area contributed by atoms with E-state index in [0.29, 0.717) is 12.2 Å². The van der Waals surface area contributed by atoms with Gasteiger partial charge in [-0.05, 0) is 25.5 Å². The Labute approximate surface area is 106 Å². The fourth-order valence-corrected chi connectivity index (χ4v) is 2.42. The van der Waals surface area contributed by atoms with Gasteiger partial charge in [-0.15, -0.1) is 0 Å². The molecule has 18 heavy (non-hydrogen) atoms. The minimum atomic E-state index is -0.765. The lowest BCUT2D eigenvalue weighted by molar-refractivity contribution is -0.138. The van der Waals surface area contributed by atoms with Gasteiger partial charge >= 0.3 is 5.97 Å². The topological polar surface area (TPSA) is 77.2 Å². The van der Waals surface area contributed by atoms with Gasteiger partial charge in [0.15, 0.2) is 0 Å². The lowest BCUT2D eigenvalue weighted by atomic mass is 10.1. The highest BCUT2D eigenvalue weighted by Crippen LogP contribution is 2.23. The molecule has 5 nitrogen and oxygen atoms in total. The van der Waals surface area contributed by atoms with Crippen molar-refractivity contribution < 1.29 is 9.90 Å². The van der Waals surface area contributed by atoms with Crippen LogP contribution in [0.2, 0.25) is 0 Å². The van der Waals surface area contributed by atoms with Gasteiger partial charge in [0.2, 0.25) is 0 Å². The predicted octanol–water partition coefficient (Wildman–Crippen LogP) is 1.39. The van der Waals surface area contributed by atoms with Gasteiger partial charge in [-0.2, -0.15) is 5.26 Å². The average Bonchev–Trinajstić information content (AvgIpc) is 2.76. The summed E-state index contributed by atoms with van der Waals surface area (Å²) in [6, 6.07) is 5.83. The van der Waals surface area contributed by atoms with Crippen LogP contribution in [0.15, 0.2) is 18.3 Å². The van der Waals surface area contributed by atoms with E-state index in [2.05, 4.69) is 16.0 Å². The molecule has 1 aromatic heterocycles. The summed E-state index contributed by atoms with van der Waals surface area (Å²) in [5, 5.41) is 17.8. The number of hydrogen-bond donors (Lipinski definition) is 1. The van der Waals surface area contributed by atoms with Gasteiger partial charge in [-0.3, -0.25) is 9.69 Å². The van der Waals surface area contributed by atoms with E-state index >= 15 is 0 Å². The van der Waals surface area contributed by atoms with E-state index in [9.17, 15) is 4.79 Å². The van der Waals surface area contributed by atoms with Gasteiger partial charge in [0, 0.05) is 24.3 Å². The van der Waals surface area contributed by atoms with Crippen molar-refractivity contribution >= 4 is 5.97 Å². The van der Waals surface area contributed by atoms with E-state index in [1.807, 2.05) is 6.07 Å². The molecule has 0 amide bonds. The second kappa shape index (κ2) is 5.61. The van der Waals surface area contributed by atoms with E-state index < -0.39 is 5.97 Å². The fourth-order valence-electron chi connectivity index (χ4n) is 2.42. The number of carboxylic acids is 1. The number of hydrogen-bond acceptors (Lipinski definition) is 4. The van der Waals surface area contributed by atoms with Crippen molar-refractivity contribution in [2.75, 3.05) is 6.54 Å². The Bertz CT molecular complexity index is 481. The molecule has 0 aliphatic carbocycles. The van der Waals surface area contributed by atoms with Crippen LogP contribution in [0, 0.1) is 11.3 Å². The van der Waals surface area contributed by atoms with Crippen molar-refractivity contribution in [3.63, 3.8) is 0 Å². The molecule has 1 aliphatic rings. The summed E-state index contributed by atoms with van der Waals surface area (Å²) in [6.07, 6.45) is 3.69. The van der Waals surface area contributed by atoms with E-state index in [4.69, 9.17) is 10.4 Å². The predicted molar refractivity (Wildman–Crippen MR) is 64.6 cm³/mol. The minimum Gasteiger partial charge on any atom is -0.481 e. The van der Waals surface area contributed by atoms with Gasteiger partial charge < -0.3 is 5.11 Å². The summed E-state index contributed by atoms with van der Waals surface area (Å²) in [5.41, 5.74) is 1.30. The van der Waals surface area contributed by atoms with Crippen LogP contribution in [0.25, 0.3) is 0 Å². The normalized spacial score (nSPS) is 19.6. The highest BCUT2D eigenvalue weighted by molar-refractivity contribution is 5.67. The van der Waals surface area contributed by atoms with Crippen LogP contribution in [0.5, 0.6) is 0 Å². The molecule has 1 N–H and O–H groups in total. The number of aliphatic carboxylic acids is 1. The van der Waals surface area contributed by atoms with Gasteiger partial charge in [0.25, 0.3) is 0 Å². The zero-order valence-corrected chi connectivity index (χ0v) is 10.0. The first-order valence-corrected chi connectivity index (χ1v) is 6.00. The van der Waals surface area contributed by atoms with Crippen molar-refractivity contribution in [1.82, 2.24) is 9.88 Å². The number of nitrogens with zero attached hydrogens (tertiary/aromatic N) is 3. The molecule has 0 radical (unpaired) electrons. The zero-order valence-electron chi connectivity index (χ0n) is 10.0. The molecular weight excluding hydrogens is 230 g/mol. The highest BCUT2D eigenvalue weighted by Gasteiger charge is 2.27. The molecule has 1 fully saturated rings. The lowest BCUT2D eigenvalue weighted by Gasteiger charge is -2.23. The number of carbonyl (C=O) groups is 1. The number of pyridine rings is 1. The molecule has 1 atom stereocenters. The minimum absolute atomic E-state index is 0.0780. The highest BCUT2D eigenvalue weighted by atomic mass is 16.4. The SMILES string of the molecule is N#Cc1ncccc1CN1CCCC1CC(=O)O. The van der Waals surface area contributed by atoms with Crippen LogP contribution in [0.1, 0.15) is 30.5 Å². The lowest BCUT2D eigenvalue weighted by Crippen LogP contribution is -2.31. The fraction of sp³-hybridized carbons (Fsp3) is 0.462. The summed E-state index contributed by atoms with van der Waals surface area (Å²) in [4.78, 5) is 16.9. The molecule has 2 heterocycles. The molecule has 94 valence electrons. The largest absolute Gasteiger partial charge is 0.481 e. The third kappa shape index (κ3) is 2.84. The number of carboxylic acid groups (broad SMARTS) is 1. The van der Waals surface area contributed by atoms with Crippen LogP contribution in [0.4, 0.5) is 0 Å². The standard InChI is InChI=1S/C13H15N3O2/c14-8-12-10(3-1-5-15-12)9-16-6-2-4-11(16)7-13(17)18/h1,3,5,11H,2,4,6-7,9H2,(H,17,18). The van der Waals surface area contributed by atoms with Gasteiger partial charge in [0.1, 0.15) is 11.8 Å². The quantitative estimate of drug-likeness (QED) is 0.867. The van der Waals surface area contributed by atoms with Crippen molar-refractivity contribution in [3.05, 3.63) is 29.6 Å². The van der Waals surface area contributed by atoms with Crippen molar-refractivity contribution in [1.29, 1.82) is 5.26 Å². The molecule has 0 saturated carbocycles. The molecule has 2 rings (SSSR count). The van der Waals surface area contributed by atoms with Gasteiger partial charge in [-0.25, -0.2) is 4.98 Å². The van der Waals surface area contributed by atoms with Crippen LogP contribution in [-0.2, 0) is 11.3 Å². The summed E-state index contributed by atoms with van der Waals surface area (Å²) in [7, 11) is 0. The summed E-state index contributed by atoms with van der Waals surface area (Å²) in [6.45, 7) is 1.49. The number of rotatable bonds is 4. The third-order valence-corrected chi connectivity index (χ3v) is 3.28. The molecule has 0 aromatic carbocycles. The molecule has 0 spiro atoms. The van der Waals surface area contributed by atoms with Crippen LogP contribution < -0.4 is 0 Å². The number of nitriles is 1. The summed E-state index contributed by atoms with van der Waals surface area (Å²) >= 11 is 0. The maximum atomic E-state index is 10.8. The van der Waals surface area contributed by atoms with Crippen LogP contribution in [0.3, 0.4) is 0 Å². The first kappa shape index (κ1) is 12.5. The Balaban J connectivity index is 2.08. The van der Waals surface area contributed by atoms with Crippen molar-refractivity contribution in [2.24, 2.45) is 0 Å². The smallest absolute Gasteiger partial charge is 0.304 e. The molecule has 1 aliphatic heterocycles. The Morgan fingerprint density at radius 1 is 1.67 bits per heavy atom. The first-order valence-electron chi connectivity index (χ1n) is 6.00. The molecule has 1 saturated heterocycles. The third-order valence-electron chi connectivity index (χ3n) is 3.28. The molecular formula is C13H15N3O2. The summed E-state index contributed by atoms with van der Waals surface area (Å²) < 4.78 is 0. The zero-order chi connectivity index (χ0) is 13.0. The van der Waals surface area contributed by atoms with Crippen molar-refractivity contribution in [2.45, 2.75) is 31.8 Å². The second-order valence-corrected chi connectivity index (χ2v) is 4.49. The molecule has 1 unspecified atom stereocenters. The van der Waals surface area contributed by atoms with E-state index in [1.54, 1.807) is 12.3 Å². The van der Waals surface area contributed by atoms with Gasteiger partial charge in [0.05, 0.1) is 6.42 Å². The Hall–Kier alpha value is -1.93. The van der Waals surface area contributed by atoms with E-state index in [-0.39, 0.29) is 12.5 Å². The first-order chi connectivity index (χ1) is 8.70. The average molecular weight is 245 g/mol. The van der Waals surface area contributed by atoms with E-state index in [1.165, 1.54) is 0 Å². The maximum absolute atomic E-state index is 10.8. The van der Waals surface area contributed by atoms with Gasteiger partial charge in [-0.1, -0.05) is 6.07 Å². The van der Waals surface area contributed by atoms with Crippen LogP contribution in [-0.4, -0.2) is 33.5 Å². The maximum Gasteiger partial charge on any atom is 0.304 e. The molecule has 1 aromatic rings. The Morgan fingerprint density at radius 2 is 2.50 bits per heavy atom. The second-order valence-electron chi connectivity index (χ2n) is 4.49. The van der Waals surface area contributed by atoms with Crippen molar-refractivity contribution in [3.8, 4) is 6.07 Å². The number of aromatic nitrogens is 1. The summed E-state index contributed by atoms with van der Waals surface area (Å²) in [5.74, 6) is -0.765. The number of likely N-dealkylation sites (tertiary alicyclic amines) is 1.